The molecule has 0 saturated heterocycles. The summed E-state index contributed by atoms with van der Waals surface area (Å²) in [7, 11) is 0. The molecule has 31 heavy (non-hydrogen) atoms. The summed E-state index contributed by atoms with van der Waals surface area (Å²) in [6.45, 7) is 4.36. The molecule has 2 aromatic carbocycles. The van der Waals surface area contributed by atoms with Crippen LogP contribution in [0.25, 0.3) is 0 Å². The van der Waals surface area contributed by atoms with Crippen LogP contribution in [0, 0.1) is 0 Å². The van der Waals surface area contributed by atoms with Gasteiger partial charge in [0.15, 0.2) is 12.0 Å². The first-order chi connectivity index (χ1) is 15.0. The second kappa shape index (κ2) is 8.83. The number of nitrogens with zero attached hydrogens (tertiary/aromatic N) is 3. The van der Waals surface area contributed by atoms with Gasteiger partial charge in [-0.05, 0) is 42.8 Å². The lowest BCUT2D eigenvalue weighted by Crippen LogP contribution is -2.14. The number of carbonyl (C=O) groups is 1. The Bertz CT molecular complexity index is 1110. The molecule has 0 radical (unpaired) electrons. The summed E-state index contributed by atoms with van der Waals surface area (Å²) in [6, 6.07) is 16.3. The number of rotatable bonds is 6. The number of aliphatic imine (C=N–C) groups is 1. The average Bonchev–Trinajstić information content (AvgIpc) is 3.12. The highest BCUT2D eigenvalue weighted by Crippen LogP contribution is 2.27. The highest BCUT2D eigenvalue weighted by atomic mass is 16.5. The van der Waals surface area contributed by atoms with Crippen molar-refractivity contribution in [2.24, 2.45) is 4.99 Å². The fraction of sp³-hybridized carbons (Fsp3) is 0.217. The molecule has 3 aromatic rings. The number of amides is 1. The third kappa shape index (κ3) is 4.80. The van der Waals surface area contributed by atoms with Crippen LogP contribution in [0.15, 0.2) is 65.8 Å². The molecular formula is C23H24N6O2. The fourth-order valence-electron chi connectivity index (χ4n) is 3.35. The van der Waals surface area contributed by atoms with Gasteiger partial charge in [-0.25, -0.2) is 15.0 Å². The van der Waals surface area contributed by atoms with Crippen molar-refractivity contribution in [1.82, 2.24) is 9.97 Å². The predicted molar refractivity (Wildman–Crippen MR) is 121 cm³/mol. The number of anilines is 3. The minimum absolute atomic E-state index is 0.0210. The van der Waals surface area contributed by atoms with Crippen molar-refractivity contribution in [3.63, 3.8) is 0 Å². The summed E-state index contributed by atoms with van der Waals surface area (Å²) < 4.78 is 5.75. The molecular weight excluding hydrogens is 392 g/mol. The van der Waals surface area contributed by atoms with Crippen molar-refractivity contribution in [2.45, 2.75) is 32.5 Å². The summed E-state index contributed by atoms with van der Waals surface area (Å²) in [6.07, 6.45) is 1.51. The fourth-order valence-corrected chi connectivity index (χ4v) is 3.35. The van der Waals surface area contributed by atoms with E-state index in [0.29, 0.717) is 35.3 Å². The SMILES string of the molecule is CC1=NC(C)C(c2ccnc(NCc3ccc(C(=O)Nc4ccccc4N)cc3)n2)O1. The van der Waals surface area contributed by atoms with Crippen LogP contribution in [0.2, 0.25) is 0 Å². The summed E-state index contributed by atoms with van der Waals surface area (Å²) >= 11 is 0. The quantitative estimate of drug-likeness (QED) is 0.527. The Morgan fingerprint density at radius 2 is 1.90 bits per heavy atom. The number of nitrogens with one attached hydrogen (secondary N) is 2. The number of hydrogen-bond donors (Lipinski definition) is 3. The molecule has 0 bridgehead atoms. The first-order valence-electron chi connectivity index (χ1n) is 10.0. The molecule has 2 atom stereocenters. The van der Waals surface area contributed by atoms with E-state index in [2.05, 4.69) is 25.6 Å². The maximum absolute atomic E-state index is 12.4. The largest absolute Gasteiger partial charge is 0.469 e. The molecule has 2 heterocycles. The van der Waals surface area contributed by atoms with Gasteiger partial charge in [0.25, 0.3) is 5.91 Å². The van der Waals surface area contributed by atoms with Crippen molar-refractivity contribution in [2.75, 3.05) is 16.4 Å². The topological polar surface area (TPSA) is 115 Å². The summed E-state index contributed by atoms with van der Waals surface area (Å²) in [5.41, 5.74) is 9.34. The molecule has 2 unspecified atom stereocenters. The van der Waals surface area contributed by atoms with Crippen molar-refractivity contribution in [3.8, 4) is 0 Å². The van der Waals surface area contributed by atoms with Crippen LogP contribution in [0.4, 0.5) is 17.3 Å². The van der Waals surface area contributed by atoms with Gasteiger partial charge in [0.05, 0.1) is 23.1 Å². The second-order valence-corrected chi connectivity index (χ2v) is 7.32. The standard InChI is InChI=1S/C23H24N6O2/c1-14-21(31-15(2)27-14)20-11-12-25-23(29-20)26-13-16-7-9-17(10-8-16)22(30)28-19-6-4-3-5-18(19)24/h3-12,14,21H,13,24H2,1-2H3,(H,28,30)(H,25,26,29). The number of nitrogen functional groups attached to an aromatic ring is 1. The molecule has 0 saturated carbocycles. The number of aromatic nitrogens is 2. The van der Waals surface area contributed by atoms with E-state index in [1.165, 1.54) is 0 Å². The smallest absolute Gasteiger partial charge is 0.255 e. The Balaban J connectivity index is 1.36. The van der Waals surface area contributed by atoms with E-state index in [1.54, 1.807) is 30.5 Å². The molecule has 8 heteroatoms. The Labute approximate surface area is 180 Å². The maximum Gasteiger partial charge on any atom is 0.255 e. The Kier molecular flexibility index (Phi) is 5.79. The highest BCUT2D eigenvalue weighted by molar-refractivity contribution is 6.05. The third-order valence-electron chi connectivity index (χ3n) is 4.97. The second-order valence-electron chi connectivity index (χ2n) is 7.32. The van der Waals surface area contributed by atoms with Crippen LogP contribution in [0.1, 0.15) is 41.6 Å². The zero-order valence-electron chi connectivity index (χ0n) is 17.4. The average molecular weight is 416 g/mol. The molecule has 158 valence electrons. The van der Waals surface area contributed by atoms with Gasteiger partial charge >= 0.3 is 0 Å². The number of ether oxygens (including phenoxy) is 1. The van der Waals surface area contributed by atoms with Crippen LogP contribution >= 0.6 is 0 Å². The summed E-state index contributed by atoms with van der Waals surface area (Å²) in [5, 5.41) is 6.04. The lowest BCUT2D eigenvalue weighted by atomic mass is 10.1. The summed E-state index contributed by atoms with van der Waals surface area (Å²) in [5.74, 6) is 0.973. The molecule has 8 nitrogen and oxygen atoms in total. The van der Waals surface area contributed by atoms with Crippen LogP contribution in [0.3, 0.4) is 0 Å². The van der Waals surface area contributed by atoms with Crippen LogP contribution in [-0.4, -0.2) is 27.8 Å². The van der Waals surface area contributed by atoms with Crippen molar-refractivity contribution >= 4 is 29.1 Å². The first-order valence-corrected chi connectivity index (χ1v) is 10.0. The van der Waals surface area contributed by atoms with E-state index < -0.39 is 0 Å². The van der Waals surface area contributed by atoms with Gasteiger partial charge in [0.1, 0.15) is 0 Å². The van der Waals surface area contributed by atoms with Gasteiger partial charge in [0.2, 0.25) is 5.95 Å². The van der Waals surface area contributed by atoms with Gasteiger partial charge in [-0.15, -0.1) is 0 Å². The van der Waals surface area contributed by atoms with E-state index >= 15 is 0 Å². The third-order valence-corrected chi connectivity index (χ3v) is 4.97. The molecule has 4 rings (SSSR count). The molecule has 0 spiro atoms. The number of carbonyl (C=O) groups excluding carboxylic acids is 1. The van der Waals surface area contributed by atoms with Crippen molar-refractivity contribution in [3.05, 3.63) is 77.6 Å². The van der Waals surface area contributed by atoms with E-state index in [1.807, 2.05) is 44.2 Å². The molecule has 1 aliphatic rings. The zero-order valence-corrected chi connectivity index (χ0v) is 17.4. The minimum Gasteiger partial charge on any atom is -0.469 e. The lowest BCUT2D eigenvalue weighted by Gasteiger charge is -2.14. The predicted octanol–water partition coefficient (Wildman–Crippen LogP) is 3.80. The van der Waals surface area contributed by atoms with Crippen LogP contribution in [0.5, 0.6) is 0 Å². The van der Waals surface area contributed by atoms with E-state index in [4.69, 9.17) is 10.5 Å². The van der Waals surface area contributed by atoms with Crippen LogP contribution < -0.4 is 16.4 Å². The van der Waals surface area contributed by atoms with Gasteiger partial charge in [0, 0.05) is 25.2 Å². The molecule has 1 amide bonds. The normalized spacial score (nSPS) is 17.5. The van der Waals surface area contributed by atoms with Gasteiger partial charge in [-0.3, -0.25) is 4.79 Å². The molecule has 1 aromatic heterocycles. The van der Waals surface area contributed by atoms with Crippen molar-refractivity contribution in [1.29, 1.82) is 0 Å². The lowest BCUT2D eigenvalue weighted by molar-refractivity contribution is 0.102. The van der Waals surface area contributed by atoms with E-state index in [-0.39, 0.29) is 18.1 Å². The van der Waals surface area contributed by atoms with Crippen molar-refractivity contribution < 1.29 is 9.53 Å². The Morgan fingerprint density at radius 1 is 1.13 bits per heavy atom. The van der Waals surface area contributed by atoms with Gasteiger partial charge < -0.3 is 21.1 Å². The molecule has 0 aliphatic carbocycles. The summed E-state index contributed by atoms with van der Waals surface area (Å²) in [4.78, 5) is 25.7. The number of benzene rings is 2. The van der Waals surface area contributed by atoms with E-state index in [0.717, 1.165) is 11.3 Å². The first kappa shape index (κ1) is 20.3. The zero-order chi connectivity index (χ0) is 21.8. The maximum atomic E-state index is 12.4. The number of para-hydroxylation sites is 2. The highest BCUT2D eigenvalue weighted by Gasteiger charge is 2.28. The van der Waals surface area contributed by atoms with E-state index in [9.17, 15) is 4.79 Å². The Hall–Kier alpha value is -3.94. The monoisotopic (exact) mass is 416 g/mol. The Morgan fingerprint density at radius 3 is 2.61 bits per heavy atom. The molecule has 1 aliphatic heterocycles. The molecule has 0 fully saturated rings. The molecule has 4 N–H and O–H groups in total. The van der Waals surface area contributed by atoms with Gasteiger partial charge in [-0.2, -0.15) is 0 Å². The number of hydrogen-bond acceptors (Lipinski definition) is 7. The minimum atomic E-state index is -0.211. The van der Waals surface area contributed by atoms with Crippen LogP contribution in [-0.2, 0) is 11.3 Å². The number of nitrogens with two attached hydrogens (primary N) is 1. The van der Waals surface area contributed by atoms with Gasteiger partial charge in [-0.1, -0.05) is 24.3 Å².